The van der Waals surface area contributed by atoms with E-state index < -0.39 is 12.1 Å². The van der Waals surface area contributed by atoms with E-state index in [1.807, 2.05) is 19.2 Å². The predicted octanol–water partition coefficient (Wildman–Crippen LogP) is 6.24. The Morgan fingerprint density at radius 1 is 1.02 bits per heavy atom. The number of ketones is 1. The van der Waals surface area contributed by atoms with Crippen LogP contribution in [0.15, 0.2) is 30.3 Å². The molecule has 2 aromatic carbocycles. The van der Waals surface area contributed by atoms with Gasteiger partial charge in [0.15, 0.2) is 23.0 Å². The molecule has 44 heavy (non-hydrogen) atoms. The van der Waals surface area contributed by atoms with E-state index in [0.29, 0.717) is 42.6 Å². The van der Waals surface area contributed by atoms with Gasteiger partial charge in [0.25, 0.3) is 0 Å². The summed E-state index contributed by atoms with van der Waals surface area (Å²) in [6.45, 7) is 1.38. The summed E-state index contributed by atoms with van der Waals surface area (Å²) in [4.78, 5) is 26.0. The van der Waals surface area contributed by atoms with Gasteiger partial charge in [0.2, 0.25) is 0 Å². The topological polar surface area (TPSA) is 114 Å². The Kier molecular flexibility index (Phi) is 10.2. The van der Waals surface area contributed by atoms with E-state index in [1.54, 1.807) is 19.2 Å². The van der Waals surface area contributed by atoms with Crippen LogP contribution in [-0.2, 0) is 27.2 Å². The molecule has 0 radical (unpaired) electrons. The van der Waals surface area contributed by atoms with Crippen molar-refractivity contribution in [3.8, 4) is 23.0 Å². The van der Waals surface area contributed by atoms with Crippen molar-refractivity contribution in [3.63, 3.8) is 0 Å². The van der Waals surface area contributed by atoms with Gasteiger partial charge in [-0.2, -0.15) is 0 Å². The number of likely N-dealkylation sites (N-methyl/N-ethyl adjacent to an activating group) is 1. The smallest absolute Gasteiger partial charge is 0.302 e. The van der Waals surface area contributed by atoms with Crippen LogP contribution in [0.4, 0.5) is 0 Å². The average Bonchev–Trinajstić information content (AvgIpc) is 3.27. The standard InChI is InChI=1S/C36H47NO7/c1-21(38)44-25(14-12-22-13-15-32(40)33(16-22)42-3)18-24(39)19-28-26-9-6-5-8-23(26)17-30-31(37-2)11-7-10-27-35(30)29(28)20-34(43-4)36(27)41/h13,15-17,20,23,25-26,28,31,37,40-41H,5-12,14,18-19H2,1-4H3/t23-,25-,26-,28-,31-/m1/s1. The van der Waals surface area contributed by atoms with Crippen LogP contribution in [0.1, 0.15) is 92.9 Å². The third kappa shape index (κ3) is 6.75. The molecule has 8 heteroatoms. The van der Waals surface area contributed by atoms with Gasteiger partial charge in [0, 0.05) is 31.4 Å². The first-order valence-corrected chi connectivity index (χ1v) is 16.1. The number of ether oxygens (including phenoxy) is 3. The normalized spacial score (nSPS) is 23.2. The zero-order chi connectivity index (χ0) is 31.4. The number of aryl methyl sites for hydroxylation is 1. The maximum absolute atomic E-state index is 14.0. The number of hydrogen-bond donors (Lipinski definition) is 3. The highest BCUT2D eigenvalue weighted by atomic mass is 16.5. The maximum Gasteiger partial charge on any atom is 0.302 e. The van der Waals surface area contributed by atoms with Gasteiger partial charge in [0.1, 0.15) is 11.9 Å². The number of nitrogens with one attached hydrogen (secondary N) is 1. The van der Waals surface area contributed by atoms with Crippen LogP contribution in [0.3, 0.4) is 0 Å². The average molecular weight is 606 g/mol. The number of phenols is 2. The van der Waals surface area contributed by atoms with E-state index in [9.17, 15) is 19.8 Å². The summed E-state index contributed by atoms with van der Waals surface area (Å²) < 4.78 is 16.6. The number of rotatable bonds is 11. The molecule has 0 aliphatic heterocycles. The summed E-state index contributed by atoms with van der Waals surface area (Å²) in [6.07, 6.45) is 10.6. The minimum absolute atomic E-state index is 0.0280. The predicted molar refractivity (Wildman–Crippen MR) is 169 cm³/mol. The molecule has 0 bridgehead atoms. The number of allylic oxidation sites excluding steroid dienone is 1. The maximum atomic E-state index is 14.0. The second-order valence-electron chi connectivity index (χ2n) is 12.7. The first kappa shape index (κ1) is 31.9. The SMILES string of the molecule is CN[C@@H]1CCCc2c(O)c(OC)cc3c2C1=C[C@H]1CCCC[C@H]1[C@H]3CC(=O)C[C@@H](CCc1ccc(O)c(OC)c1)OC(C)=O. The van der Waals surface area contributed by atoms with Crippen LogP contribution in [0.2, 0.25) is 0 Å². The highest BCUT2D eigenvalue weighted by molar-refractivity contribution is 5.83. The van der Waals surface area contributed by atoms with Crippen molar-refractivity contribution in [2.75, 3.05) is 21.3 Å². The second kappa shape index (κ2) is 14.1. The molecule has 0 aromatic heterocycles. The fraction of sp³-hybridized carbons (Fsp3) is 0.556. The van der Waals surface area contributed by atoms with E-state index in [0.717, 1.165) is 60.8 Å². The number of Topliss-reactive ketones (excluding diaryl/α,β-unsaturated/α-hetero) is 1. The van der Waals surface area contributed by atoms with Gasteiger partial charge in [-0.1, -0.05) is 25.0 Å². The zero-order valence-electron chi connectivity index (χ0n) is 26.5. The Morgan fingerprint density at radius 2 is 1.80 bits per heavy atom. The first-order valence-electron chi connectivity index (χ1n) is 16.1. The van der Waals surface area contributed by atoms with E-state index in [4.69, 9.17) is 14.2 Å². The fourth-order valence-corrected chi connectivity index (χ4v) is 7.91. The number of benzene rings is 2. The Bertz CT molecular complexity index is 1400. The summed E-state index contributed by atoms with van der Waals surface area (Å²) in [5.41, 5.74) is 5.31. The Hall–Kier alpha value is -3.52. The number of esters is 1. The third-order valence-electron chi connectivity index (χ3n) is 9.97. The van der Waals surface area contributed by atoms with Crippen molar-refractivity contribution in [3.05, 3.63) is 52.6 Å². The number of methoxy groups -OCH3 is 2. The molecule has 2 aromatic rings. The van der Waals surface area contributed by atoms with Gasteiger partial charge >= 0.3 is 5.97 Å². The van der Waals surface area contributed by atoms with Gasteiger partial charge in [-0.15, -0.1) is 0 Å². The van der Waals surface area contributed by atoms with Gasteiger partial charge < -0.3 is 29.7 Å². The zero-order valence-corrected chi connectivity index (χ0v) is 26.5. The molecule has 5 atom stereocenters. The van der Waals surface area contributed by atoms with Crippen LogP contribution in [0, 0.1) is 11.8 Å². The van der Waals surface area contributed by atoms with Crippen LogP contribution in [-0.4, -0.2) is 55.4 Å². The minimum Gasteiger partial charge on any atom is -0.504 e. The van der Waals surface area contributed by atoms with Crippen molar-refractivity contribution >= 4 is 17.3 Å². The van der Waals surface area contributed by atoms with Gasteiger partial charge in [-0.3, -0.25) is 9.59 Å². The largest absolute Gasteiger partial charge is 0.504 e. The summed E-state index contributed by atoms with van der Waals surface area (Å²) in [7, 11) is 5.10. The Labute approximate surface area is 260 Å². The van der Waals surface area contributed by atoms with Crippen LogP contribution in [0.25, 0.3) is 5.57 Å². The fourth-order valence-electron chi connectivity index (χ4n) is 7.91. The summed E-state index contributed by atoms with van der Waals surface area (Å²) >= 11 is 0. The number of carbonyl (C=O) groups excluding carboxylic acids is 2. The molecule has 0 spiro atoms. The summed E-state index contributed by atoms with van der Waals surface area (Å²) in [6, 6.07) is 7.33. The molecule has 1 fully saturated rings. The van der Waals surface area contributed by atoms with Crippen molar-refractivity contribution in [1.82, 2.24) is 5.32 Å². The summed E-state index contributed by atoms with van der Waals surface area (Å²) in [5, 5.41) is 24.8. The van der Waals surface area contributed by atoms with Crippen LogP contribution in [0.5, 0.6) is 23.0 Å². The molecule has 0 saturated heterocycles. The van der Waals surface area contributed by atoms with Crippen molar-refractivity contribution < 1.29 is 34.0 Å². The number of hydrogen-bond acceptors (Lipinski definition) is 8. The molecule has 3 N–H and O–H groups in total. The highest BCUT2D eigenvalue weighted by Gasteiger charge is 2.41. The first-order chi connectivity index (χ1) is 21.2. The number of aromatic hydroxyl groups is 2. The van der Waals surface area contributed by atoms with Crippen LogP contribution >= 0.6 is 0 Å². The summed E-state index contributed by atoms with van der Waals surface area (Å²) in [5.74, 6) is 1.42. The van der Waals surface area contributed by atoms with Gasteiger partial charge in [-0.25, -0.2) is 0 Å². The van der Waals surface area contributed by atoms with Gasteiger partial charge in [0.05, 0.1) is 14.2 Å². The molecule has 0 unspecified atom stereocenters. The van der Waals surface area contributed by atoms with E-state index in [1.165, 1.54) is 26.0 Å². The van der Waals surface area contributed by atoms with Crippen molar-refractivity contribution in [1.29, 1.82) is 0 Å². The lowest BCUT2D eigenvalue weighted by Crippen LogP contribution is -2.28. The Morgan fingerprint density at radius 3 is 2.52 bits per heavy atom. The molecule has 8 nitrogen and oxygen atoms in total. The number of phenolic OH excluding ortho intramolecular Hbond substituents is 2. The quantitative estimate of drug-likeness (QED) is 0.258. The molecule has 5 rings (SSSR count). The molecular formula is C36H47NO7. The van der Waals surface area contributed by atoms with E-state index in [2.05, 4.69) is 11.4 Å². The van der Waals surface area contributed by atoms with Crippen LogP contribution < -0.4 is 14.8 Å². The highest BCUT2D eigenvalue weighted by Crippen LogP contribution is 2.53. The minimum atomic E-state index is -0.554. The lowest BCUT2D eigenvalue weighted by atomic mass is 9.69. The molecule has 238 valence electrons. The van der Waals surface area contributed by atoms with Gasteiger partial charge in [-0.05, 0) is 110 Å². The lowest BCUT2D eigenvalue weighted by Gasteiger charge is -2.35. The molecule has 3 aliphatic rings. The third-order valence-corrected chi connectivity index (χ3v) is 9.97. The molecule has 3 aliphatic carbocycles. The van der Waals surface area contributed by atoms with Crippen molar-refractivity contribution in [2.24, 2.45) is 11.8 Å². The molecular weight excluding hydrogens is 558 g/mol. The number of fused-ring (bicyclic) bond motifs is 1. The molecule has 0 heterocycles. The lowest BCUT2D eigenvalue weighted by molar-refractivity contribution is -0.147. The van der Waals surface area contributed by atoms with E-state index in [-0.39, 0.29) is 35.7 Å². The second-order valence-corrected chi connectivity index (χ2v) is 12.7. The molecule has 0 amide bonds. The number of carbonyl (C=O) groups is 2. The monoisotopic (exact) mass is 605 g/mol. The molecule has 1 saturated carbocycles. The van der Waals surface area contributed by atoms with E-state index >= 15 is 0 Å². The van der Waals surface area contributed by atoms with Crippen molar-refractivity contribution in [2.45, 2.75) is 95.6 Å². The Balaban J connectivity index is 1.45.